The van der Waals surface area contributed by atoms with Gasteiger partial charge in [0.05, 0.1) is 4.92 Å². The number of anilines is 1. The predicted octanol–water partition coefficient (Wildman–Crippen LogP) is 2.56. The number of nitro benzene ring substituents is 1. The maximum absolute atomic E-state index is 12.2. The molecule has 2 bridgehead atoms. The van der Waals surface area contributed by atoms with Crippen LogP contribution in [0.5, 0.6) is 0 Å². The average Bonchev–Trinajstić information content (AvgIpc) is 3.14. The van der Waals surface area contributed by atoms with Crippen molar-refractivity contribution in [1.29, 1.82) is 0 Å². The highest BCUT2D eigenvalue weighted by Gasteiger charge is 2.42. The van der Waals surface area contributed by atoms with Crippen molar-refractivity contribution in [3.05, 3.63) is 34.4 Å². The molecule has 3 atom stereocenters. The van der Waals surface area contributed by atoms with Gasteiger partial charge in [0, 0.05) is 25.1 Å². The molecule has 2 saturated carbocycles. The summed E-state index contributed by atoms with van der Waals surface area (Å²) in [6, 6.07) is 6.54. The van der Waals surface area contributed by atoms with Gasteiger partial charge in [-0.15, -0.1) is 0 Å². The molecule has 2 aliphatic carbocycles. The lowest BCUT2D eigenvalue weighted by Gasteiger charge is -2.20. The van der Waals surface area contributed by atoms with Gasteiger partial charge < -0.3 is 10.6 Å². The molecule has 2 N–H and O–H groups in total. The summed E-state index contributed by atoms with van der Waals surface area (Å²) in [6.45, 7) is 0.968. The molecule has 6 nitrogen and oxygen atoms in total. The molecule has 22 heavy (non-hydrogen) atoms. The summed E-state index contributed by atoms with van der Waals surface area (Å²) in [5.41, 5.74) is 0.545. The molecule has 2 fully saturated rings. The van der Waals surface area contributed by atoms with Crippen LogP contribution in [0.15, 0.2) is 24.3 Å². The minimum atomic E-state index is -0.407. The molecule has 0 aliphatic heterocycles. The van der Waals surface area contributed by atoms with Crippen LogP contribution in [0.4, 0.5) is 11.4 Å². The highest BCUT2D eigenvalue weighted by molar-refractivity contribution is 5.79. The van der Waals surface area contributed by atoms with E-state index in [0.717, 1.165) is 12.3 Å². The summed E-state index contributed by atoms with van der Waals surface area (Å²) >= 11 is 0. The third-order valence-corrected chi connectivity index (χ3v) is 4.92. The Morgan fingerprint density at radius 1 is 1.23 bits per heavy atom. The minimum absolute atomic E-state index is 0.0573. The molecule has 1 amide bonds. The molecule has 0 saturated heterocycles. The van der Waals surface area contributed by atoms with Crippen molar-refractivity contribution in [2.45, 2.75) is 25.7 Å². The molecule has 0 aromatic heterocycles. The first-order chi connectivity index (χ1) is 10.6. The fraction of sp³-hybridized carbons (Fsp3) is 0.562. The number of nitrogens with one attached hydrogen (secondary N) is 2. The quantitative estimate of drug-likeness (QED) is 0.480. The lowest BCUT2D eigenvalue weighted by molar-refractivity contribution is -0.384. The number of hydrogen-bond acceptors (Lipinski definition) is 4. The van der Waals surface area contributed by atoms with Crippen LogP contribution in [0, 0.1) is 27.9 Å². The highest BCUT2D eigenvalue weighted by Crippen LogP contribution is 2.48. The molecule has 1 aromatic rings. The number of nitrogens with zero attached hydrogens (tertiary/aromatic N) is 1. The fourth-order valence-corrected chi connectivity index (χ4v) is 3.86. The first-order valence-electron chi connectivity index (χ1n) is 7.90. The summed E-state index contributed by atoms with van der Waals surface area (Å²) in [7, 11) is 0. The van der Waals surface area contributed by atoms with Crippen molar-refractivity contribution in [3.63, 3.8) is 0 Å². The second-order valence-electron chi connectivity index (χ2n) is 6.27. The fourth-order valence-electron chi connectivity index (χ4n) is 3.86. The van der Waals surface area contributed by atoms with Gasteiger partial charge in [-0.2, -0.15) is 0 Å². The summed E-state index contributed by atoms with van der Waals surface area (Å²) in [5, 5.41) is 16.9. The summed E-state index contributed by atoms with van der Waals surface area (Å²) < 4.78 is 0. The van der Waals surface area contributed by atoms with Crippen LogP contribution in [0.2, 0.25) is 0 Å². The van der Waals surface area contributed by atoms with Gasteiger partial charge in [0.1, 0.15) is 5.69 Å². The van der Waals surface area contributed by atoms with Crippen molar-refractivity contribution >= 4 is 17.3 Å². The Kier molecular flexibility index (Phi) is 4.27. The third kappa shape index (κ3) is 3.05. The van der Waals surface area contributed by atoms with Crippen LogP contribution in [-0.2, 0) is 4.79 Å². The number of amides is 1. The molecule has 2 aliphatic rings. The zero-order valence-corrected chi connectivity index (χ0v) is 12.5. The Labute approximate surface area is 129 Å². The number of carbonyl (C=O) groups is 1. The van der Waals surface area contributed by atoms with Crippen LogP contribution >= 0.6 is 0 Å². The molecular weight excluding hydrogens is 282 g/mol. The van der Waals surface area contributed by atoms with E-state index >= 15 is 0 Å². The Morgan fingerprint density at radius 3 is 2.73 bits per heavy atom. The van der Waals surface area contributed by atoms with E-state index in [1.807, 2.05) is 0 Å². The second kappa shape index (κ2) is 6.34. The standard InChI is InChI=1S/C16H21N3O3/c20-16(13-10-11-5-6-12(13)9-11)18-8-7-17-14-3-1-2-4-15(14)19(21)22/h1-4,11-13,17H,5-10H2,(H,18,20). The normalized spacial score (nSPS) is 25.9. The van der Waals surface area contributed by atoms with E-state index in [1.165, 1.54) is 25.3 Å². The molecule has 6 heteroatoms. The third-order valence-electron chi connectivity index (χ3n) is 4.92. The summed E-state index contributed by atoms with van der Waals surface area (Å²) in [6.07, 6.45) is 4.73. The number of hydrogen-bond donors (Lipinski definition) is 2. The average molecular weight is 303 g/mol. The van der Waals surface area contributed by atoms with Gasteiger partial charge in [0.2, 0.25) is 5.91 Å². The van der Waals surface area contributed by atoms with Crippen molar-refractivity contribution < 1.29 is 9.72 Å². The largest absolute Gasteiger partial charge is 0.378 e. The van der Waals surface area contributed by atoms with E-state index in [4.69, 9.17) is 0 Å². The van der Waals surface area contributed by atoms with E-state index in [2.05, 4.69) is 10.6 Å². The zero-order chi connectivity index (χ0) is 15.5. The van der Waals surface area contributed by atoms with Crippen molar-refractivity contribution in [3.8, 4) is 0 Å². The molecule has 0 heterocycles. The van der Waals surface area contributed by atoms with Gasteiger partial charge in [0.15, 0.2) is 0 Å². The first-order valence-corrected chi connectivity index (χ1v) is 7.90. The Bertz CT molecular complexity index is 576. The number of benzene rings is 1. The topological polar surface area (TPSA) is 84.3 Å². The van der Waals surface area contributed by atoms with E-state index in [9.17, 15) is 14.9 Å². The van der Waals surface area contributed by atoms with Gasteiger partial charge in [-0.05, 0) is 37.2 Å². The molecule has 0 spiro atoms. The second-order valence-corrected chi connectivity index (χ2v) is 6.27. The summed E-state index contributed by atoms with van der Waals surface area (Å²) in [5.74, 6) is 1.67. The van der Waals surface area contributed by atoms with Gasteiger partial charge >= 0.3 is 0 Å². The van der Waals surface area contributed by atoms with E-state index in [-0.39, 0.29) is 17.5 Å². The molecule has 3 unspecified atom stereocenters. The molecular formula is C16H21N3O3. The Hall–Kier alpha value is -2.11. The summed E-state index contributed by atoms with van der Waals surface area (Å²) in [4.78, 5) is 22.7. The van der Waals surface area contributed by atoms with Crippen molar-refractivity contribution in [1.82, 2.24) is 5.32 Å². The molecule has 0 radical (unpaired) electrons. The highest BCUT2D eigenvalue weighted by atomic mass is 16.6. The number of nitro groups is 1. The van der Waals surface area contributed by atoms with Crippen molar-refractivity contribution in [2.75, 3.05) is 18.4 Å². The maximum atomic E-state index is 12.2. The number of carbonyl (C=O) groups excluding carboxylic acids is 1. The van der Waals surface area contributed by atoms with Gasteiger partial charge in [0.25, 0.3) is 5.69 Å². The van der Waals surface area contributed by atoms with Crippen LogP contribution in [0.25, 0.3) is 0 Å². The van der Waals surface area contributed by atoms with Crippen LogP contribution < -0.4 is 10.6 Å². The van der Waals surface area contributed by atoms with Gasteiger partial charge in [-0.1, -0.05) is 18.6 Å². The van der Waals surface area contributed by atoms with Crippen molar-refractivity contribution in [2.24, 2.45) is 17.8 Å². The number of para-hydroxylation sites is 2. The van der Waals surface area contributed by atoms with E-state index in [0.29, 0.717) is 24.7 Å². The molecule has 3 rings (SSSR count). The lowest BCUT2D eigenvalue weighted by atomic mass is 9.88. The maximum Gasteiger partial charge on any atom is 0.292 e. The monoisotopic (exact) mass is 303 g/mol. The Balaban J connectivity index is 1.44. The van der Waals surface area contributed by atoms with Crippen LogP contribution in [0.1, 0.15) is 25.7 Å². The number of fused-ring (bicyclic) bond motifs is 2. The predicted molar refractivity (Wildman–Crippen MR) is 83.5 cm³/mol. The smallest absolute Gasteiger partial charge is 0.292 e. The number of rotatable bonds is 6. The van der Waals surface area contributed by atoms with Crippen LogP contribution in [0.3, 0.4) is 0 Å². The van der Waals surface area contributed by atoms with E-state index < -0.39 is 4.92 Å². The van der Waals surface area contributed by atoms with Crippen LogP contribution in [-0.4, -0.2) is 23.9 Å². The zero-order valence-electron chi connectivity index (χ0n) is 12.5. The minimum Gasteiger partial charge on any atom is -0.378 e. The lowest BCUT2D eigenvalue weighted by Crippen LogP contribution is -2.36. The van der Waals surface area contributed by atoms with Gasteiger partial charge in [-0.25, -0.2) is 0 Å². The molecule has 118 valence electrons. The van der Waals surface area contributed by atoms with Gasteiger partial charge in [-0.3, -0.25) is 14.9 Å². The molecule has 1 aromatic carbocycles. The SMILES string of the molecule is O=C(NCCNc1ccccc1[N+](=O)[O-])C1CC2CCC1C2. The Morgan fingerprint density at radius 2 is 2.05 bits per heavy atom. The van der Waals surface area contributed by atoms with E-state index in [1.54, 1.807) is 18.2 Å². The first kappa shape index (κ1) is 14.8.